The van der Waals surface area contributed by atoms with Crippen LogP contribution < -0.4 is 11.1 Å². The van der Waals surface area contributed by atoms with Gasteiger partial charge in [0.15, 0.2) is 0 Å². The third kappa shape index (κ3) is 5.34. The minimum Gasteiger partial charge on any atom is -0.393 e. The number of halogens is 3. The molecule has 0 unspecified atom stereocenters. The molecule has 180 valence electrons. The number of carbonyl (C=O) groups excluding carboxylic acids is 1. The van der Waals surface area contributed by atoms with Crippen molar-refractivity contribution in [1.29, 1.82) is 0 Å². The van der Waals surface area contributed by atoms with Crippen LogP contribution in [0.25, 0.3) is 5.69 Å². The van der Waals surface area contributed by atoms with Crippen molar-refractivity contribution in [2.45, 2.75) is 83.5 Å². The van der Waals surface area contributed by atoms with Crippen LogP contribution in [0.3, 0.4) is 0 Å². The molecule has 0 saturated heterocycles. The molecule has 1 aromatic carbocycles. The summed E-state index contributed by atoms with van der Waals surface area (Å²) < 4.78 is 41.3. The molecule has 0 aliphatic heterocycles. The lowest BCUT2D eigenvalue weighted by Crippen LogP contribution is -2.29. The number of carbonyl (C=O) groups is 1. The van der Waals surface area contributed by atoms with E-state index in [4.69, 9.17) is 5.73 Å². The van der Waals surface area contributed by atoms with Crippen molar-refractivity contribution >= 4 is 11.6 Å². The maximum atomic E-state index is 13.2. The summed E-state index contributed by atoms with van der Waals surface area (Å²) in [6.45, 7) is 4.22. The Hall–Kier alpha value is -2.55. The molecule has 2 aliphatic rings. The SMILES string of the molecule is CC1(C)CCc2c(CC(F)(F)F)nn(-c3ccc(C(N)=O)c(N[C@H]4CC[C@H](O)CC4)c3)c2C1. The molecule has 1 saturated carbocycles. The number of aromatic nitrogens is 2. The van der Waals surface area contributed by atoms with Gasteiger partial charge in [-0.1, -0.05) is 13.8 Å². The normalized spacial score (nSPS) is 22.6. The summed E-state index contributed by atoms with van der Waals surface area (Å²) in [4.78, 5) is 12.0. The van der Waals surface area contributed by atoms with E-state index >= 15 is 0 Å². The highest BCUT2D eigenvalue weighted by atomic mass is 19.4. The van der Waals surface area contributed by atoms with Gasteiger partial charge < -0.3 is 16.2 Å². The average molecular weight is 465 g/mol. The number of hydrogen-bond acceptors (Lipinski definition) is 4. The number of nitrogens with zero attached hydrogens (tertiary/aromatic N) is 2. The number of anilines is 1. The zero-order chi connectivity index (χ0) is 24.0. The Morgan fingerprint density at radius 1 is 1.27 bits per heavy atom. The maximum absolute atomic E-state index is 13.2. The minimum absolute atomic E-state index is 0.0442. The smallest absolute Gasteiger partial charge is 0.393 e. The van der Waals surface area contributed by atoms with Gasteiger partial charge in [-0.2, -0.15) is 18.3 Å². The van der Waals surface area contributed by atoms with Crippen LogP contribution in [0.4, 0.5) is 18.9 Å². The Morgan fingerprint density at radius 2 is 1.97 bits per heavy atom. The summed E-state index contributed by atoms with van der Waals surface area (Å²) in [5, 5.41) is 17.5. The monoisotopic (exact) mass is 464 g/mol. The highest BCUT2D eigenvalue weighted by Crippen LogP contribution is 2.39. The van der Waals surface area contributed by atoms with Crippen molar-refractivity contribution in [2.75, 3.05) is 5.32 Å². The first-order valence-electron chi connectivity index (χ1n) is 11.5. The van der Waals surface area contributed by atoms with Crippen molar-refractivity contribution in [2.24, 2.45) is 11.1 Å². The fourth-order valence-corrected chi connectivity index (χ4v) is 4.99. The molecular formula is C24H31F3N4O2. The van der Waals surface area contributed by atoms with Gasteiger partial charge in [0.1, 0.15) is 0 Å². The van der Waals surface area contributed by atoms with Crippen LogP contribution in [-0.4, -0.2) is 39.1 Å². The van der Waals surface area contributed by atoms with Crippen LogP contribution in [0.5, 0.6) is 0 Å². The first-order valence-corrected chi connectivity index (χ1v) is 11.5. The summed E-state index contributed by atoms with van der Waals surface area (Å²) in [5.74, 6) is -0.582. The number of nitrogens with one attached hydrogen (secondary N) is 1. The van der Waals surface area contributed by atoms with E-state index in [0.717, 1.165) is 25.0 Å². The van der Waals surface area contributed by atoms with Crippen LogP contribution in [0.2, 0.25) is 0 Å². The summed E-state index contributed by atoms with van der Waals surface area (Å²) in [7, 11) is 0. The second kappa shape index (κ2) is 8.66. The van der Waals surface area contributed by atoms with Crippen molar-refractivity contribution < 1.29 is 23.1 Å². The van der Waals surface area contributed by atoms with Gasteiger partial charge in [-0.15, -0.1) is 0 Å². The molecule has 9 heteroatoms. The molecule has 6 nitrogen and oxygen atoms in total. The van der Waals surface area contributed by atoms with E-state index < -0.39 is 18.5 Å². The van der Waals surface area contributed by atoms with E-state index in [2.05, 4.69) is 24.3 Å². The topological polar surface area (TPSA) is 93.2 Å². The third-order valence-electron chi connectivity index (χ3n) is 6.81. The van der Waals surface area contributed by atoms with Crippen molar-refractivity contribution in [3.05, 3.63) is 40.7 Å². The number of rotatable bonds is 5. The molecule has 1 amide bonds. The number of fused-ring (bicyclic) bond motifs is 1. The standard InChI is InChI=1S/C24H31F3N4O2/c1-23(2)10-9-17-20(12-24(25,26)27)30-31(21(17)13-23)15-5-8-18(22(28)33)19(11-15)29-14-3-6-16(32)7-4-14/h5,8,11,14,16,29,32H,3-4,6-7,9-10,12-13H2,1-2H3,(H2,28,33)/t14-,16-. The summed E-state index contributed by atoms with van der Waals surface area (Å²) in [6.07, 6.45) is -0.872. The summed E-state index contributed by atoms with van der Waals surface area (Å²) in [5.41, 5.74) is 8.55. The molecule has 0 radical (unpaired) electrons. The van der Waals surface area contributed by atoms with Crippen LogP contribution >= 0.6 is 0 Å². The fourth-order valence-electron chi connectivity index (χ4n) is 4.99. The zero-order valence-corrected chi connectivity index (χ0v) is 19.0. The molecule has 0 bridgehead atoms. The highest BCUT2D eigenvalue weighted by molar-refractivity contribution is 5.99. The predicted molar refractivity (Wildman–Crippen MR) is 120 cm³/mol. The molecule has 1 fully saturated rings. The van der Waals surface area contributed by atoms with Gasteiger partial charge in [-0.3, -0.25) is 4.79 Å². The fraction of sp³-hybridized carbons (Fsp3) is 0.583. The average Bonchev–Trinajstić information content (AvgIpc) is 3.04. The van der Waals surface area contributed by atoms with E-state index in [1.54, 1.807) is 22.9 Å². The number of nitrogens with two attached hydrogens (primary N) is 1. The van der Waals surface area contributed by atoms with E-state index in [9.17, 15) is 23.1 Å². The largest absolute Gasteiger partial charge is 0.394 e. The molecule has 1 aromatic heterocycles. The molecule has 4 rings (SSSR count). The third-order valence-corrected chi connectivity index (χ3v) is 6.81. The van der Waals surface area contributed by atoms with Crippen LogP contribution in [0.1, 0.15) is 73.3 Å². The zero-order valence-electron chi connectivity index (χ0n) is 19.0. The summed E-state index contributed by atoms with van der Waals surface area (Å²) in [6, 6.07) is 5.11. The van der Waals surface area contributed by atoms with Crippen LogP contribution in [0.15, 0.2) is 18.2 Å². The Labute approximate surface area is 191 Å². The molecule has 0 spiro atoms. The summed E-state index contributed by atoms with van der Waals surface area (Å²) >= 11 is 0. The van der Waals surface area contributed by atoms with Gasteiger partial charge in [0.05, 0.1) is 29.5 Å². The first kappa shape index (κ1) is 23.6. The number of alkyl halides is 3. The molecule has 4 N–H and O–H groups in total. The number of amides is 1. The van der Waals surface area contributed by atoms with Gasteiger partial charge in [0.2, 0.25) is 0 Å². The lowest BCUT2D eigenvalue weighted by atomic mass is 9.76. The molecule has 2 aliphatic carbocycles. The minimum atomic E-state index is -4.34. The van der Waals surface area contributed by atoms with Crippen molar-refractivity contribution in [3.8, 4) is 5.69 Å². The van der Waals surface area contributed by atoms with E-state index in [-0.39, 0.29) is 23.3 Å². The Morgan fingerprint density at radius 3 is 2.61 bits per heavy atom. The van der Waals surface area contributed by atoms with Crippen molar-refractivity contribution in [3.63, 3.8) is 0 Å². The van der Waals surface area contributed by atoms with E-state index in [0.29, 0.717) is 48.2 Å². The van der Waals surface area contributed by atoms with Gasteiger partial charge in [0, 0.05) is 17.4 Å². The van der Waals surface area contributed by atoms with E-state index in [1.807, 2.05) is 0 Å². The van der Waals surface area contributed by atoms with Crippen LogP contribution in [-0.2, 0) is 19.3 Å². The molecule has 1 heterocycles. The molecule has 33 heavy (non-hydrogen) atoms. The van der Waals surface area contributed by atoms with Crippen LogP contribution in [0, 0.1) is 5.41 Å². The molecule has 0 atom stereocenters. The number of aliphatic hydroxyl groups is 1. The Kier molecular flexibility index (Phi) is 6.20. The molecule has 2 aromatic rings. The lowest BCUT2D eigenvalue weighted by Gasteiger charge is -2.30. The maximum Gasteiger partial charge on any atom is 0.394 e. The Balaban J connectivity index is 1.74. The van der Waals surface area contributed by atoms with Gasteiger partial charge in [0.25, 0.3) is 5.91 Å². The van der Waals surface area contributed by atoms with Gasteiger partial charge >= 0.3 is 6.18 Å². The van der Waals surface area contributed by atoms with Gasteiger partial charge in [-0.25, -0.2) is 4.68 Å². The first-order chi connectivity index (χ1) is 15.4. The second-order valence-corrected chi connectivity index (χ2v) is 10.2. The predicted octanol–water partition coefficient (Wildman–Crippen LogP) is 4.31. The number of benzene rings is 1. The quantitative estimate of drug-likeness (QED) is 0.615. The highest BCUT2D eigenvalue weighted by Gasteiger charge is 2.36. The Bertz CT molecular complexity index is 1040. The van der Waals surface area contributed by atoms with Crippen molar-refractivity contribution in [1.82, 2.24) is 9.78 Å². The number of aliphatic hydroxyl groups excluding tert-OH is 1. The number of primary amides is 1. The van der Waals surface area contributed by atoms with E-state index in [1.165, 1.54) is 0 Å². The lowest BCUT2D eigenvalue weighted by molar-refractivity contribution is -0.128. The molecular weight excluding hydrogens is 433 g/mol. The second-order valence-electron chi connectivity index (χ2n) is 10.2. The number of hydrogen-bond donors (Lipinski definition) is 3. The van der Waals surface area contributed by atoms with Gasteiger partial charge in [-0.05, 0) is 74.1 Å².